The van der Waals surface area contributed by atoms with E-state index >= 15 is 0 Å². The number of carbonyl (C=O) groups excluding carboxylic acids is 3. The Kier molecular flexibility index (Phi) is 6.76. The normalized spacial score (nSPS) is 15.1. The molecule has 0 aliphatic carbocycles. The van der Waals surface area contributed by atoms with E-state index in [9.17, 15) is 18.8 Å². The van der Waals surface area contributed by atoms with E-state index < -0.39 is 17.5 Å². The van der Waals surface area contributed by atoms with E-state index in [-0.39, 0.29) is 24.0 Å². The first kappa shape index (κ1) is 20.7. The number of nitrogens with zero attached hydrogens (tertiary/aromatic N) is 1. The lowest BCUT2D eigenvalue weighted by Gasteiger charge is -2.20. The van der Waals surface area contributed by atoms with Crippen LogP contribution >= 0.6 is 0 Å². The van der Waals surface area contributed by atoms with Crippen LogP contribution in [-0.2, 0) is 14.3 Å². The number of nitrogens with one attached hydrogen (secondary N) is 2. The van der Waals surface area contributed by atoms with Gasteiger partial charge in [0, 0.05) is 18.7 Å². The third-order valence-corrected chi connectivity index (χ3v) is 3.89. The highest BCUT2D eigenvalue weighted by Gasteiger charge is 2.20. The van der Waals surface area contributed by atoms with Crippen molar-refractivity contribution in [3.63, 3.8) is 0 Å². The molecule has 0 saturated carbocycles. The second-order valence-corrected chi connectivity index (χ2v) is 7.50. The number of hydrogen-bond donors (Lipinski definition) is 2. The fourth-order valence-electron chi connectivity index (χ4n) is 2.69. The SMILES string of the molecule is CC(C)(C)OC(=O)Nc1cc(NC(=O)CN2CCCCCC2=O)ccc1F. The smallest absolute Gasteiger partial charge is 0.412 e. The van der Waals surface area contributed by atoms with Gasteiger partial charge in [0.25, 0.3) is 0 Å². The standard InChI is InChI=1S/C19H26FN3O4/c1-19(2,3)27-18(26)22-15-11-13(8-9-14(15)20)21-16(24)12-23-10-6-4-5-7-17(23)25/h8-9,11H,4-7,10,12H2,1-3H3,(H,21,24)(H,22,26). The van der Waals surface area contributed by atoms with Crippen molar-refractivity contribution < 1.29 is 23.5 Å². The lowest BCUT2D eigenvalue weighted by molar-refractivity contribution is -0.134. The van der Waals surface area contributed by atoms with Crippen LogP contribution in [0.5, 0.6) is 0 Å². The first-order valence-corrected chi connectivity index (χ1v) is 9.01. The Labute approximate surface area is 158 Å². The van der Waals surface area contributed by atoms with E-state index in [0.717, 1.165) is 25.3 Å². The molecule has 148 valence electrons. The molecule has 1 aromatic rings. The molecule has 0 spiro atoms. The molecule has 0 aromatic heterocycles. The molecule has 1 saturated heterocycles. The number of carbonyl (C=O) groups is 3. The highest BCUT2D eigenvalue weighted by Crippen LogP contribution is 2.21. The number of anilines is 2. The van der Waals surface area contributed by atoms with E-state index in [4.69, 9.17) is 4.74 Å². The maximum Gasteiger partial charge on any atom is 0.412 e. The molecule has 0 radical (unpaired) electrons. The Morgan fingerprint density at radius 2 is 1.93 bits per heavy atom. The fourth-order valence-corrected chi connectivity index (χ4v) is 2.69. The van der Waals surface area contributed by atoms with Gasteiger partial charge in [0.1, 0.15) is 11.4 Å². The molecular formula is C19H26FN3O4. The lowest BCUT2D eigenvalue weighted by Crippen LogP contribution is -2.37. The van der Waals surface area contributed by atoms with Gasteiger partial charge in [-0.3, -0.25) is 14.9 Å². The maximum atomic E-state index is 13.9. The molecule has 7 nitrogen and oxygen atoms in total. The minimum atomic E-state index is -0.792. The van der Waals surface area contributed by atoms with Crippen LogP contribution in [0.2, 0.25) is 0 Å². The number of amides is 3. The van der Waals surface area contributed by atoms with Crippen molar-refractivity contribution in [2.45, 2.75) is 52.1 Å². The van der Waals surface area contributed by atoms with E-state index in [1.54, 1.807) is 20.8 Å². The molecule has 1 fully saturated rings. The molecule has 1 heterocycles. The third-order valence-electron chi connectivity index (χ3n) is 3.89. The van der Waals surface area contributed by atoms with Crippen LogP contribution in [0.4, 0.5) is 20.6 Å². The summed E-state index contributed by atoms with van der Waals surface area (Å²) in [6.07, 6.45) is 2.35. The summed E-state index contributed by atoms with van der Waals surface area (Å²) in [7, 11) is 0. The summed E-state index contributed by atoms with van der Waals surface area (Å²) in [6, 6.07) is 3.83. The first-order valence-electron chi connectivity index (χ1n) is 9.01. The first-order chi connectivity index (χ1) is 12.6. The largest absolute Gasteiger partial charge is 0.444 e. The van der Waals surface area contributed by atoms with Crippen LogP contribution in [0.15, 0.2) is 18.2 Å². The number of rotatable bonds is 4. The van der Waals surface area contributed by atoms with E-state index in [1.165, 1.54) is 17.0 Å². The van der Waals surface area contributed by atoms with Gasteiger partial charge in [-0.15, -0.1) is 0 Å². The molecule has 1 aromatic carbocycles. The summed E-state index contributed by atoms with van der Waals surface area (Å²) in [5, 5.41) is 4.95. The highest BCUT2D eigenvalue weighted by atomic mass is 19.1. The predicted octanol–water partition coefficient (Wildman–Crippen LogP) is 3.51. The predicted molar refractivity (Wildman–Crippen MR) is 99.9 cm³/mol. The molecule has 2 N–H and O–H groups in total. The quantitative estimate of drug-likeness (QED) is 0.838. The van der Waals surface area contributed by atoms with Gasteiger partial charge in [-0.2, -0.15) is 0 Å². The maximum absolute atomic E-state index is 13.9. The van der Waals surface area contributed by atoms with Gasteiger partial charge >= 0.3 is 6.09 Å². The topological polar surface area (TPSA) is 87.7 Å². The molecule has 8 heteroatoms. The molecule has 0 bridgehead atoms. The Morgan fingerprint density at radius 1 is 1.19 bits per heavy atom. The molecule has 1 aliphatic heterocycles. The molecule has 0 unspecified atom stereocenters. The highest BCUT2D eigenvalue weighted by molar-refractivity contribution is 5.95. The van der Waals surface area contributed by atoms with Crippen molar-refractivity contribution in [1.29, 1.82) is 0 Å². The van der Waals surface area contributed by atoms with Crippen molar-refractivity contribution in [2.24, 2.45) is 0 Å². The zero-order chi connectivity index (χ0) is 20.0. The summed E-state index contributed by atoms with van der Waals surface area (Å²) in [4.78, 5) is 37.6. The van der Waals surface area contributed by atoms with Crippen molar-refractivity contribution in [1.82, 2.24) is 4.90 Å². The van der Waals surface area contributed by atoms with E-state index in [2.05, 4.69) is 10.6 Å². The zero-order valence-corrected chi connectivity index (χ0v) is 15.9. The van der Waals surface area contributed by atoms with Crippen LogP contribution in [0.25, 0.3) is 0 Å². The number of halogens is 1. The number of hydrogen-bond acceptors (Lipinski definition) is 4. The van der Waals surface area contributed by atoms with Gasteiger partial charge < -0.3 is 15.0 Å². The van der Waals surface area contributed by atoms with E-state index in [0.29, 0.717) is 18.7 Å². The summed E-state index contributed by atoms with van der Waals surface area (Å²) in [5.41, 5.74) is -0.505. The minimum Gasteiger partial charge on any atom is -0.444 e. The van der Waals surface area contributed by atoms with Crippen LogP contribution in [-0.4, -0.2) is 41.5 Å². The van der Waals surface area contributed by atoms with Crippen molar-refractivity contribution in [2.75, 3.05) is 23.7 Å². The molecule has 1 aliphatic rings. The Hall–Kier alpha value is -2.64. The Morgan fingerprint density at radius 3 is 2.63 bits per heavy atom. The van der Waals surface area contributed by atoms with Gasteiger partial charge in [-0.1, -0.05) is 6.42 Å². The fraction of sp³-hybridized carbons (Fsp3) is 0.526. The molecular weight excluding hydrogens is 353 g/mol. The molecule has 0 atom stereocenters. The monoisotopic (exact) mass is 379 g/mol. The molecule has 2 rings (SSSR count). The second-order valence-electron chi connectivity index (χ2n) is 7.50. The van der Waals surface area contributed by atoms with Gasteiger partial charge in [-0.05, 0) is 51.8 Å². The average molecular weight is 379 g/mol. The Balaban J connectivity index is 1.99. The molecule has 3 amide bonds. The van der Waals surface area contributed by atoms with Gasteiger partial charge in [0.2, 0.25) is 11.8 Å². The molecule has 27 heavy (non-hydrogen) atoms. The van der Waals surface area contributed by atoms with Crippen molar-refractivity contribution in [3.05, 3.63) is 24.0 Å². The van der Waals surface area contributed by atoms with Crippen LogP contribution < -0.4 is 10.6 Å². The number of benzene rings is 1. The summed E-state index contributed by atoms with van der Waals surface area (Å²) in [6.45, 7) is 5.60. The summed E-state index contributed by atoms with van der Waals surface area (Å²) < 4.78 is 19.0. The average Bonchev–Trinajstić information content (AvgIpc) is 2.73. The van der Waals surface area contributed by atoms with Crippen LogP contribution in [0, 0.1) is 5.82 Å². The van der Waals surface area contributed by atoms with Crippen molar-refractivity contribution >= 4 is 29.3 Å². The minimum absolute atomic E-state index is 0.0333. The van der Waals surface area contributed by atoms with Crippen LogP contribution in [0.3, 0.4) is 0 Å². The van der Waals surface area contributed by atoms with Gasteiger partial charge in [0.15, 0.2) is 0 Å². The summed E-state index contributed by atoms with van der Waals surface area (Å²) >= 11 is 0. The van der Waals surface area contributed by atoms with Crippen LogP contribution in [0.1, 0.15) is 46.5 Å². The second kappa shape index (κ2) is 8.83. The Bertz CT molecular complexity index is 715. The van der Waals surface area contributed by atoms with Crippen molar-refractivity contribution in [3.8, 4) is 0 Å². The number of ether oxygens (including phenoxy) is 1. The van der Waals surface area contributed by atoms with Gasteiger partial charge in [-0.25, -0.2) is 9.18 Å². The van der Waals surface area contributed by atoms with E-state index in [1.807, 2.05) is 0 Å². The number of likely N-dealkylation sites (tertiary alicyclic amines) is 1. The van der Waals surface area contributed by atoms with Gasteiger partial charge in [0.05, 0.1) is 12.2 Å². The third kappa shape index (κ3) is 6.88. The zero-order valence-electron chi connectivity index (χ0n) is 15.9. The lowest BCUT2D eigenvalue weighted by atomic mass is 10.2. The summed E-state index contributed by atoms with van der Waals surface area (Å²) in [5.74, 6) is -1.06.